The molecule has 1 saturated carbocycles. The Bertz CT molecular complexity index is 240. The van der Waals surface area contributed by atoms with Gasteiger partial charge in [0.15, 0.2) is 0 Å². The second-order valence-electron chi connectivity index (χ2n) is 5.60. The molecule has 0 aromatic heterocycles. The number of aliphatic carboxylic acids is 1. The zero-order valence-electron chi connectivity index (χ0n) is 10.9. The third kappa shape index (κ3) is 3.21. The molecule has 0 radical (unpaired) electrons. The summed E-state index contributed by atoms with van der Waals surface area (Å²) >= 11 is 0. The van der Waals surface area contributed by atoms with Gasteiger partial charge in [-0.05, 0) is 24.2 Å². The van der Waals surface area contributed by atoms with Crippen molar-refractivity contribution in [2.24, 2.45) is 17.8 Å². The third-order valence-corrected chi connectivity index (χ3v) is 4.03. The molecule has 0 amide bonds. The van der Waals surface area contributed by atoms with E-state index in [1.54, 1.807) is 0 Å². The van der Waals surface area contributed by atoms with E-state index < -0.39 is 12.0 Å². The molecule has 0 aromatic rings. The van der Waals surface area contributed by atoms with Crippen LogP contribution in [0, 0.1) is 17.8 Å². The van der Waals surface area contributed by atoms with Gasteiger partial charge in [-0.3, -0.25) is 4.79 Å². The van der Waals surface area contributed by atoms with Crippen molar-refractivity contribution in [1.29, 1.82) is 0 Å². The van der Waals surface area contributed by atoms with Gasteiger partial charge in [-0.1, -0.05) is 40.5 Å². The van der Waals surface area contributed by atoms with Crippen LogP contribution in [0.15, 0.2) is 0 Å². The molecule has 94 valence electrons. The Balaban J connectivity index is 2.60. The number of carbonyl (C=O) groups is 1. The van der Waals surface area contributed by atoms with Gasteiger partial charge in [0.25, 0.3) is 0 Å². The average Bonchev–Trinajstić information content (AvgIpc) is 2.19. The molecule has 0 saturated heterocycles. The van der Waals surface area contributed by atoms with Gasteiger partial charge in [0, 0.05) is 6.04 Å². The average molecular weight is 227 g/mol. The first-order valence-corrected chi connectivity index (χ1v) is 6.42. The molecule has 1 fully saturated rings. The lowest BCUT2D eigenvalue weighted by Crippen LogP contribution is -2.51. The Morgan fingerprint density at radius 2 is 1.94 bits per heavy atom. The standard InChI is InChI=1S/C13H25NO2/c1-8(2)12(13(15)16)14-11-7-5-6-9(3)10(11)4/h8-12,14H,5-7H2,1-4H3,(H,15,16). The number of nitrogens with one attached hydrogen (secondary N) is 1. The highest BCUT2D eigenvalue weighted by atomic mass is 16.4. The summed E-state index contributed by atoms with van der Waals surface area (Å²) in [7, 11) is 0. The first-order chi connectivity index (χ1) is 7.43. The molecular formula is C13H25NO2. The van der Waals surface area contributed by atoms with Crippen molar-refractivity contribution >= 4 is 5.97 Å². The first kappa shape index (κ1) is 13.5. The number of hydrogen-bond acceptors (Lipinski definition) is 2. The first-order valence-electron chi connectivity index (χ1n) is 6.42. The fourth-order valence-corrected chi connectivity index (χ4v) is 2.60. The molecule has 0 heterocycles. The van der Waals surface area contributed by atoms with Crippen LogP contribution in [-0.2, 0) is 4.79 Å². The number of carboxylic acid groups (broad SMARTS) is 1. The zero-order chi connectivity index (χ0) is 12.3. The van der Waals surface area contributed by atoms with E-state index in [2.05, 4.69) is 19.2 Å². The minimum absolute atomic E-state index is 0.141. The van der Waals surface area contributed by atoms with E-state index in [0.717, 1.165) is 6.42 Å². The highest BCUT2D eigenvalue weighted by molar-refractivity contribution is 5.73. The van der Waals surface area contributed by atoms with Crippen LogP contribution in [0.2, 0.25) is 0 Å². The molecule has 1 aliphatic rings. The fraction of sp³-hybridized carbons (Fsp3) is 0.923. The van der Waals surface area contributed by atoms with Gasteiger partial charge in [0.2, 0.25) is 0 Å². The molecular weight excluding hydrogens is 202 g/mol. The maximum Gasteiger partial charge on any atom is 0.320 e. The molecule has 4 atom stereocenters. The monoisotopic (exact) mass is 227 g/mol. The van der Waals surface area contributed by atoms with E-state index in [1.165, 1.54) is 12.8 Å². The Labute approximate surface area is 98.6 Å². The summed E-state index contributed by atoms with van der Waals surface area (Å²) in [6.07, 6.45) is 3.61. The third-order valence-electron chi connectivity index (χ3n) is 4.03. The second-order valence-corrected chi connectivity index (χ2v) is 5.60. The lowest BCUT2D eigenvalue weighted by Gasteiger charge is -2.37. The minimum atomic E-state index is -0.722. The summed E-state index contributed by atoms with van der Waals surface area (Å²) in [4.78, 5) is 11.1. The van der Waals surface area contributed by atoms with Crippen LogP contribution in [0.1, 0.15) is 47.0 Å². The summed E-state index contributed by atoms with van der Waals surface area (Å²) in [5.41, 5.74) is 0. The van der Waals surface area contributed by atoms with Gasteiger partial charge in [-0.2, -0.15) is 0 Å². The van der Waals surface area contributed by atoms with Crippen LogP contribution in [0.3, 0.4) is 0 Å². The smallest absolute Gasteiger partial charge is 0.320 e. The second kappa shape index (κ2) is 5.67. The lowest BCUT2D eigenvalue weighted by molar-refractivity contribution is -0.141. The number of carboxylic acids is 1. The van der Waals surface area contributed by atoms with Gasteiger partial charge in [-0.15, -0.1) is 0 Å². The van der Waals surface area contributed by atoms with Gasteiger partial charge in [-0.25, -0.2) is 0 Å². The van der Waals surface area contributed by atoms with Crippen LogP contribution in [0.25, 0.3) is 0 Å². The van der Waals surface area contributed by atoms with Crippen LogP contribution < -0.4 is 5.32 Å². The van der Waals surface area contributed by atoms with Gasteiger partial charge >= 0.3 is 5.97 Å². The predicted octanol–water partition coefficient (Wildman–Crippen LogP) is 2.51. The topological polar surface area (TPSA) is 49.3 Å². The predicted molar refractivity (Wildman–Crippen MR) is 65.4 cm³/mol. The van der Waals surface area contributed by atoms with Crippen molar-refractivity contribution in [1.82, 2.24) is 5.32 Å². The Morgan fingerprint density at radius 3 is 2.44 bits per heavy atom. The number of rotatable bonds is 4. The van der Waals surface area contributed by atoms with Crippen molar-refractivity contribution < 1.29 is 9.90 Å². The summed E-state index contributed by atoms with van der Waals surface area (Å²) < 4.78 is 0. The van der Waals surface area contributed by atoms with E-state index in [9.17, 15) is 4.79 Å². The quantitative estimate of drug-likeness (QED) is 0.776. The van der Waals surface area contributed by atoms with Crippen LogP contribution in [-0.4, -0.2) is 23.2 Å². The van der Waals surface area contributed by atoms with E-state index in [4.69, 9.17) is 5.11 Å². The normalized spacial score (nSPS) is 32.7. The largest absolute Gasteiger partial charge is 0.480 e. The summed E-state index contributed by atoms with van der Waals surface area (Å²) in [6.45, 7) is 8.43. The molecule has 0 bridgehead atoms. The van der Waals surface area contributed by atoms with Crippen molar-refractivity contribution in [2.75, 3.05) is 0 Å². The van der Waals surface area contributed by atoms with E-state index in [1.807, 2.05) is 13.8 Å². The van der Waals surface area contributed by atoms with Crippen molar-refractivity contribution in [3.63, 3.8) is 0 Å². The Hall–Kier alpha value is -0.570. The summed E-state index contributed by atoms with van der Waals surface area (Å²) in [5.74, 6) is 0.699. The van der Waals surface area contributed by atoms with Crippen molar-refractivity contribution in [3.8, 4) is 0 Å². The van der Waals surface area contributed by atoms with Gasteiger partial charge in [0.05, 0.1) is 0 Å². The molecule has 16 heavy (non-hydrogen) atoms. The molecule has 0 spiro atoms. The van der Waals surface area contributed by atoms with E-state index in [-0.39, 0.29) is 5.92 Å². The minimum Gasteiger partial charge on any atom is -0.480 e. The SMILES string of the molecule is CC(C)C(NC1CCCC(C)C1C)C(=O)O. The summed E-state index contributed by atoms with van der Waals surface area (Å²) in [6, 6.07) is -0.0370. The molecule has 0 aromatic carbocycles. The van der Waals surface area contributed by atoms with Crippen LogP contribution >= 0.6 is 0 Å². The lowest BCUT2D eigenvalue weighted by atomic mass is 9.77. The molecule has 3 heteroatoms. The number of hydrogen-bond donors (Lipinski definition) is 2. The maximum atomic E-state index is 11.1. The van der Waals surface area contributed by atoms with Gasteiger partial charge < -0.3 is 10.4 Å². The molecule has 1 rings (SSSR count). The Kier molecular flexibility index (Phi) is 4.78. The highest BCUT2D eigenvalue weighted by Gasteiger charge is 2.31. The molecule has 1 aliphatic carbocycles. The fourth-order valence-electron chi connectivity index (χ4n) is 2.60. The molecule has 3 nitrogen and oxygen atoms in total. The Morgan fingerprint density at radius 1 is 1.31 bits per heavy atom. The van der Waals surface area contributed by atoms with E-state index >= 15 is 0 Å². The highest BCUT2D eigenvalue weighted by Crippen LogP contribution is 2.30. The van der Waals surface area contributed by atoms with Crippen LogP contribution in [0.5, 0.6) is 0 Å². The van der Waals surface area contributed by atoms with Crippen molar-refractivity contribution in [2.45, 2.75) is 59.0 Å². The van der Waals surface area contributed by atoms with Crippen molar-refractivity contribution in [3.05, 3.63) is 0 Å². The summed E-state index contributed by atoms with van der Waals surface area (Å²) in [5, 5.41) is 12.5. The molecule has 4 unspecified atom stereocenters. The van der Waals surface area contributed by atoms with Gasteiger partial charge in [0.1, 0.15) is 6.04 Å². The molecule has 2 N–H and O–H groups in total. The van der Waals surface area contributed by atoms with E-state index in [0.29, 0.717) is 17.9 Å². The van der Waals surface area contributed by atoms with Crippen LogP contribution in [0.4, 0.5) is 0 Å². The maximum absolute atomic E-state index is 11.1. The molecule has 0 aliphatic heterocycles. The zero-order valence-corrected chi connectivity index (χ0v) is 10.9.